The highest BCUT2D eigenvalue weighted by molar-refractivity contribution is 8.26. The zero-order chi connectivity index (χ0) is 25.9. The van der Waals surface area contributed by atoms with Crippen LogP contribution in [0.4, 0.5) is 5.82 Å². The Bertz CT molecular complexity index is 1160. The molecule has 1 aromatic heterocycles. The molecule has 0 radical (unpaired) electrons. The third-order valence-corrected chi connectivity index (χ3v) is 7.65. The number of piperidine rings is 1. The number of anilines is 1. The number of amides is 1. The molecule has 2 aliphatic rings. The van der Waals surface area contributed by atoms with Gasteiger partial charge in [-0.2, -0.15) is 5.26 Å². The summed E-state index contributed by atoms with van der Waals surface area (Å²) in [6.07, 6.45) is 3.69. The van der Waals surface area contributed by atoms with Gasteiger partial charge >= 0.3 is 5.97 Å². The molecule has 0 aromatic carbocycles. The zero-order valence-electron chi connectivity index (χ0n) is 20.9. The molecule has 0 atom stereocenters. The first-order chi connectivity index (χ1) is 16.7. The summed E-state index contributed by atoms with van der Waals surface area (Å²) >= 11 is 6.67. The molecule has 2 saturated heterocycles. The standard InChI is InChI=1S/C25H32N4O4S2/c1-6-10-28-21(27-11-8-17(9-12-27)24(32)33-7-2)18(16(5)19(14-26)22(28)30)13-20-23(31)29(15(3)4)25(34)35-20/h13,15,17H,6-12H2,1-5H3/b20-13+. The third kappa shape index (κ3) is 5.31. The van der Waals surface area contributed by atoms with Crippen molar-refractivity contribution in [2.24, 2.45) is 5.92 Å². The van der Waals surface area contributed by atoms with Crippen LogP contribution in [0, 0.1) is 24.2 Å². The van der Waals surface area contributed by atoms with Crippen LogP contribution < -0.4 is 10.5 Å². The van der Waals surface area contributed by atoms with E-state index in [-0.39, 0.29) is 35.0 Å². The van der Waals surface area contributed by atoms with Crippen LogP contribution in [-0.2, 0) is 20.9 Å². The SMILES string of the molecule is CCCn1c(N2CCC(C(=O)OCC)CC2)c(/C=C2/SC(=S)N(C(C)C)C2=O)c(C)c(C#N)c1=O. The van der Waals surface area contributed by atoms with Gasteiger partial charge in [0.2, 0.25) is 0 Å². The molecule has 0 spiro atoms. The van der Waals surface area contributed by atoms with Crippen molar-refractivity contribution in [3.63, 3.8) is 0 Å². The number of carbonyl (C=O) groups excluding carboxylic acids is 2. The van der Waals surface area contributed by atoms with Crippen LogP contribution in [0.5, 0.6) is 0 Å². The van der Waals surface area contributed by atoms with Crippen molar-refractivity contribution in [3.8, 4) is 6.07 Å². The minimum Gasteiger partial charge on any atom is -0.466 e. The van der Waals surface area contributed by atoms with Crippen molar-refractivity contribution in [2.75, 3.05) is 24.6 Å². The van der Waals surface area contributed by atoms with E-state index in [9.17, 15) is 19.6 Å². The smallest absolute Gasteiger partial charge is 0.309 e. The molecule has 0 bridgehead atoms. The predicted molar refractivity (Wildman–Crippen MR) is 142 cm³/mol. The first-order valence-corrected chi connectivity index (χ1v) is 13.2. The van der Waals surface area contributed by atoms with E-state index >= 15 is 0 Å². The van der Waals surface area contributed by atoms with Gasteiger partial charge in [0.1, 0.15) is 21.8 Å². The molecule has 2 aliphatic heterocycles. The van der Waals surface area contributed by atoms with Gasteiger partial charge in [-0.15, -0.1) is 0 Å². The second-order valence-electron chi connectivity index (χ2n) is 8.96. The molecule has 0 unspecified atom stereocenters. The number of aromatic nitrogens is 1. The Morgan fingerprint density at radius 3 is 2.46 bits per heavy atom. The lowest BCUT2D eigenvalue weighted by atomic mass is 9.95. The van der Waals surface area contributed by atoms with E-state index in [1.165, 1.54) is 11.8 Å². The normalized spacial score (nSPS) is 18.0. The Morgan fingerprint density at radius 2 is 1.94 bits per heavy atom. The minimum atomic E-state index is -0.332. The molecule has 3 heterocycles. The van der Waals surface area contributed by atoms with Crippen LogP contribution in [0.1, 0.15) is 63.6 Å². The molecule has 8 nitrogen and oxygen atoms in total. The van der Waals surface area contributed by atoms with E-state index in [0.717, 1.165) is 0 Å². The van der Waals surface area contributed by atoms with Crippen molar-refractivity contribution in [3.05, 3.63) is 31.9 Å². The number of thiocarbonyl (C=S) groups is 1. The second kappa shape index (κ2) is 11.4. The fourth-order valence-corrected chi connectivity index (χ4v) is 6.06. The Hall–Kier alpha value is -2.64. The van der Waals surface area contributed by atoms with Gasteiger partial charge in [-0.3, -0.25) is 23.9 Å². The fraction of sp³-hybridized carbons (Fsp3) is 0.560. The summed E-state index contributed by atoms with van der Waals surface area (Å²) in [5.74, 6) is 0.146. The molecule has 10 heteroatoms. The summed E-state index contributed by atoms with van der Waals surface area (Å²) in [4.78, 5) is 42.8. The van der Waals surface area contributed by atoms with Crippen LogP contribution in [-0.4, -0.2) is 51.4 Å². The van der Waals surface area contributed by atoms with E-state index in [4.69, 9.17) is 17.0 Å². The van der Waals surface area contributed by atoms with Crippen molar-refractivity contribution >= 4 is 52.1 Å². The number of carbonyl (C=O) groups is 2. The van der Waals surface area contributed by atoms with Crippen molar-refractivity contribution in [1.82, 2.24) is 9.47 Å². The molecular formula is C25H32N4O4S2. The summed E-state index contributed by atoms with van der Waals surface area (Å²) in [5.41, 5.74) is 0.964. The summed E-state index contributed by atoms with van der Waals surface area (Å²) in [6.45, 7) is 11.3. The van der Waals surface area contributed by atoms with Gasteiger partial charge in [-0.05, 0) is 58.6 Å². The highest BCUT2D eigenvalue weighted by Gasteiger charge is 2.35. The lowest BCUT2D eigenvalue weighted by Crippen LogP contribution is -2.41. The Balaban J connectivity index is 2.14. The van der Waals surface area contributed by atoms with Crippen LogP contribution in [0.25, 0.3) is 6.08 Å². The highest BCUT2D eigenvalue weighted by Crippen LogP contribution is 2.37. The highest BCUT2D eigenvalue weighted by atomic mass is 32.2. The maximum absolute atomic E-state index is 13.3. The number of hydrogen-bond acceptors (Lipinski definition) is 8. The van der Waals surface area contributed by atoms with Crippen LogP contribution >= 0.6 is 24.0 Å². The van der Waals surface area contributed by atoms with Gasteiger partial charge in [0.15, 0.2) is 0 Å². The Labute approximate surface area is 215 Å². The number of nitriles is 1. The van der Waals surface area contributed by atoms with Crippen molar-refractivity contribution < 1.29 is 14.3 Å². The Kier molecular flexibility index (Phi) is 8.78. The number of esters is 1. The summed E-state index contributed by atoms with van der Waals surface area (Å²) in [5, 5.41) is 9.78. The van der Waals surface area contributed by atoms with E-state index in [1.807, 2.05) is 20.8 Å². The first kappa shape index (κ1) is 27.0. The molecule has 0 N–H and O–H groups in total. The van der Waals surface area contributed by atoms with Gasteiger partial charge in [-0.25, -0.2) is 0 Å². The maximum Gasteiger partial charge on any atom is 0.309 e. The zero-order valence-corrected chi connectivity index (χ0v) is 22.6. The summed E-state index contributed by atoms with van der Waals surface area (Å²) in [7, 11) is 0. The van der Waals surface area contributed by atoms with Crippen LogP contribution in [0.3, 0.4) is 0 Å². The van der Waals surface area contributed by atoms with Crippen LogP contribution in [0.2, 0.25) is 0 Å². The molecule has 1 amide bonds. The van der Waals surface area contributed by atoms with Gasteiger partial charge < -0.3 is 9.64 Å². The van der Waals surface area contributed by atoms with E-state index < -0.39 is 0 Å². The minimum absolute atomic E-state index is 0.0698. The molecule has 35 heavy (non-hydrogen) atoms. The maximum atomic E-state index is 13.3. The monoisotopic (exact) mass is 516 g/mol. The molecule has 2 fully saturated rings. The van der Waals surface area contributed by atoms with Crippen LogP contribution in [0.15, 0.2) is 9.70 Å². The lowest BCUT2D eigenvalue weighted by molar-refractivity contribution is -0.148. The van der Waals surface area contributed by atoms with Crippen molar-refractivity contribution in [2.45, 2.75) is 66.5 Å². The van der Waals surface area contributed by atoms with Gasteiger partial charge in [-0.1, -0.05) is 30.9 Å². The van der Waals surface area contributed by atoms with Gasteiger partial charge in [0, 0.05) is 31.2 Å². The number of rotatable bonds is 7. The number of pyridine rings is 1. The number of nitrogens with zero attached hydrogens (tertiary/aromatic N) is 4. The number of hydrogen-bond donors (Lipinski definition) is 0. The predicted octanol–water partition coefficient (Wildman–Crippen LogP) is 3.83. The average Bonchev–Trinajstić information content (AvgIpc) is 3.10. The fourth-order valence-electron chi connectivity index (χ4n) is 4.56. The molecule has 3 rings (SSSR count). The summed E-state index contributed by atoms with van der Waals surface area (Å²) in [6, 6.07) is 2.00. The van der Waals surface area contributed by atoms with E-state index in [2.05, 4.69) is 11.0 Å². The average molecular weight is 517 g/mol. The van der Waals surface area contributed by atoms with Gasteiger partial charge in [0.05, 0.1) is 17.4 Å². The molecule has 0 saturated carbocycles. The van der Waals surface area contributed by atoms with Gasteiger partial charge in [0.25, 0.3) is 11.5 Å². The van der Waals surface area contributed by atoms with E-state index in [1.54, 1.807) is 29.4 Å². The van der Waals surface area contributed by atoms with E-state index in [0.29, 0.717) is 71.7 Å². The largest absolute Gasteiger partial charge is 0.466 e. The summed E-state index contributed by atoms with van der Waals surface area (Å²) < 4.78 is 7.34. The topological polar surface area (TPSA) is 95.6 Å². The number of thioether (sulfide) groups is 1. The molecule has 188 valence electrons. The lowest BCUT2D eigenvalue weighted by Gasteiger charge is -2.35. The number of ether oxygens (including phenoxy) is 1. The first-order valence-electron chi connectivity index (χ1n) is 12.0. The molecule has 0 aliphatic carbocycles. The second-order valence-corrected chi connectivity index (χ2v) is 10.6. The molecular weight excluding hydrogens is 484 g/mol. The van der Waals surface area contributed by atoms with Crippen molar-refractivity contribution in [1.29, 1.82) is 5.26 Å². The quantitative estimate of drug-likeness (QED) is 0.307. The molecule has 1 aromatic rings. The third-order valence-electron chi connectivity index (χ3n) is 6.32. The Morgan fingerprint density at radius 1 is 1.29 bits per heavy atom.